The zero-order valence-corrected chi connectivity index (χ0v) is 14.3. The van der Waals surface area contributed by atoms with Crippen LogP contribution in [0.5, 0.6) is 5.75 Å². The number of benzene rings is 1. The first-order valence-corrected chi connectivity index (χ1v) is 8.36. The molecule has 0 aliphatic rings. The minimum absolute atomic E-state index is 0.0927. The van der Waals surface area contributed by atoms with Crippen LogP contribution < -0.4 is 10.1 Å². The van der Waals surface area contributed by atoms with E-state index in [1.54, 1.807) is 11.3 Å². The third-order valence-electron chi connectivity index (χ3n) is 2.83. The summed E-state index contributed by atoms with van der Waals surface area (Å²) in [5.74, 6) is 0.682. The smallest absolute Gasteiger partial charge is 0.256 e. The van der Waals surface area contributed by atoms with Crippen LogP contribution >= 0.6 is 33.9 Å². The van der Waals surface area contributed by atoms with Crippen LogP contribution in [0.4, 0.5) is 5.69 Å². The second-order valence-corrected chi connectivity index (χ2v) is 7.26. The monoisotopic (exact) mass is 401 g/mol. The maximum Gasteiger partial charge on any atom is 0.256 e. The van der Waals surface area contributed by atoms with Gasteiger partial charge in [-0.05, 0) is 54.1 Å². The first kappa shape index (κ1) is 15.3. The topological polar surface area (TPSA) is 38.3 Å². The minimum Gasteiger partial charge on any atom is -0.491 e. The van der Waals surface area contributed by atoms with Crippen molar-refractivity contribution in [1.29, 1.82) is 0 Å². The van der Waals surface area contributed by atoms with Gasteiger partial charge in [0.25, 0.3) is 5.91 Å². The summed E-state index contributed by atoms with van der Waals surface area (Å²) >= 11 is 3.77. The lowest BCUT2D eigenvalue weighted by Crippen LogP contribution is -2.12. The second-order valence-electron chi connectivity index (χ2n) is 4.46. The van der Waals surface area contributed by atoms with Gasteiger partial charge >= 0.3 is 0 Å². The summed E-state index contributed by atoms with van der Waals surface area (Å²) in [6, 6.07) is 9.36. The van der Waals surface area contributed by atoms with Gasteiger partial charge in [0.2, 0.25) is 0 Å². The van der Waals surface area contributed by atoms with E-state index in [2.05, 4.69) is 34.8 Å². The number of ether oxygens (including phenoxy) is 1. The maximum atomic E-state index is 12.1. The Kier molecular flexibility index (Phi) is 5.42. The SMILES string of the molecule is CCC(C)Oc1cccc(NC(=O)c2csc(I)c2)c1. The predicted octanol–water partition coefficient (Wildman–Crippen LogP) is 4.78. The first-order valence-electron chi connectivity index (χ1n) is 6.40. The number of halogens is 1. The molecule has 20 heavy (non-hydrogen) atoms. The van der Waals surface area contributed by atoms with Crippen molar-refractivity contribution >= 4 is 45.5 Å². The third kappa shape index (κ3) is 4.21. The molecule has 0 fully saturated rings. The molecule has 0 bridgehead atoms. The summed E-state index contributed by atoms with van der Waals surface area (Å²) < 4.78 is 6.84. The molecule has 0 aliphatic carbocycles. The zero-order chi connectivity index (χ0) is 14.5. The molecule has 1 aromatic carbocycles. The van der Waals surface area contributed by atoms with E-state index in [4.69, 9.17) is 4.74 Å². The number of nitrogens with one attached hydrogen (secondary N) is 1. The van der Waals surface area contributed by atoms with Gasteiger partial charge in [-0.3, -0.25) is 4.79 Å². The summed E-state index contributed by atoms with van der Waals surface area (Å²) in [5.41, 5.74) is 1.43. The zero-order valence-electron chi connectivity index (χ0n) is 11.4. The molecule has 2 rings (SSSR count). The van der Waals surface area contributed by atoms with Crippen LogP contribution in [0.3, 0.4) is 0 Å². The van der Waals surface area contributed by atoms with Gasteiger partial charge in [0, 0.05) is 17.1 Å². The number of rotatable bonds is 5. The fourth-order valence-corrected chi connectivity index (χ4v) is 2.92. The van der Waals surface area contributed by atoms with Gasteiger partial charge in [-0.2, -0.15) is 0 Å². The first-order chi connectivity index (χ1) is 9.58. The lowest BCUT2D eigenvalue weighted by Gasteiger charge is -2.13. The summed E-state index contributed by atoms with van der Waals surface area (Å²) in [6.07, 6.45) is 1.11. The van der Waals surface area contributed by atoms with Gasteiger partial charge in [-0.15, -0.1) is 11.3 Å². The van der Waals surface area contributed by atoms with Crippen molar-refractivity contribution in [2.45, 2.75) is 26.4 Å². The van der Waals surface area contributed by atoms with E-state index < -0.39 is 0 Å². The van der Waals surface area contributed by atoms with Crippen molar-refractivity contribution < 1.29 is 9.53 Å². The van der Waals surface area contributed by atoms with E-state index in [9.17, 15) is 4.79 Å². The number of carbonyl (C=O) groups is 1. The molecule has 2 aromatic rings. The van der Waals surface area contributed by atoms with Crippen LogP contribution in [-0.2, 0) is 0 Å². The lowest BCUT2D eigenvalue weighted by atomic mass is 10.2. The Morgan fingerprint density at radius 1 is 1.45 bits per heavy atom. The summed E-state index contributed by atoms with van der Waals surface area (Å²) in [5, 5.41) is 4.75. The molecular formula is C15H16INO2S. The molecule has 1 amide bonds. The number of hydrogen-bond acceptors (Lipinski definition) is 3. The average molecular weight is 401 g/mol. The van der Waals surface area contributed by atoms with Crippen molar-refractivity contribution in [2.24, 2.45) is 0 Å². The molecule has 1 heterocycles. The van der Waals surface area contributed by atoms with Crippen LogP contribution in [0.25, 0.3) is 0 Å². The fraction of sp³-hybridized carbons (Fsp3) is 0.267. The molecule has 1 aromatic heterocycles. The third-order valence-corrected chi connectivity index (χ3v) is 4.62. The van der Waals surface area contributed by atoms with Crippen LogP contribution in [0, 0.1) is 2.88 Å². The van der Waals surface area contributed by atoms with Crippen molar-refractivity contribution in [3.05, 3.63) is 44.2 Å². The molecular weight excluding hydrogens is 385 g/mol. The molecule has 1 N–H and O–H groups in total. The van der Waals surface area contributed by atoms with Gasteiger partial charge in [0.1, 0.15) is 5.75 Å². The standard InChI is InChI=1S/C15H16INO2S/c1-3-10(2)19-13-6-4-5-12(8-13)17-15(18)11-7-14(16)20-9-11/h4-10H,3H2,1-2H3,(H,17,18). The molecule has 0 spiro atoms. The number of anilines is 1. The molecule has 5 heteroatoms. The Labute approximate surface area is 136 Å². The van der Waals surface area contributed by atoms with E-state index in [0.717, 1.165) is 20.7 Å². The summed E-state index contributed by atoms with van der Waals surface area (Å²) in [7, 11) is 0. The Hall–Kier alpha value is -1.08. The molecule has 1 atom stereocenters. The highest BCUT2D eigenvalue weighted by Gasteiger charge is 2.09. The van der Waals surface area contributed by atoms with Gasteiger partial charge in [0.15, 0.2) is 0 Å². The van der Waals surface area contributed by atoms with E-state index >= 15 is 0 Å². The molecule has 0 saturated heterocycles. The second kappa shape index (κ2) is 7.08. The van der Waals surface area contributed by atoms with E-state index in [1.165, 1.54) is 0 Å². The summed E-state index contributed by atoms with van der Waals surface area (Å²) in [4.78, 5) is 12.1. The van der Waals surface area contributed by atoms with E-state index in [1.807, 2.05) is 42.6 Å². The highest BCUT2D eigenvalue weighted by molar-refractivity contribution is 14.1. The minimum atomic E-state index is -0.0927. The van der Waals surface area contributed by atoms with Crippen LogP contribution in [-0.4, -0.2) is 12.0 Å². The maximum absolute atomic E-state index is 12.1. The van der Waals surface area contributed by atoms with E-state index in [-0.39, 0.29) is 12.0 Å². The van der Waals surface area contributed by atoms with Crippen molar-refractivity contribution in [3.63, 3.8) is 0 Å². The van der Waals surface area contributed by atoms with Crippen molar-refractivity contribution in [2.75, 3.05) is 5.32 Å². The summed E-state index contributed by atoms with van der Waals surface area (Å²) in [6.45, 7) is 4.10. The highest BCUT2D eigenvalue weighted by Crippen LogP contribution is 2.21. The molecule has 106 valence electrons. The molecule has 3 nitrogen and oxygen atoms in total. The highest BCUT2D eigenvalue weighted by atomic mass is 127. The molecule has 0 aliphatic heterocycles. The number of carbonyl (C=O) groups excluding carboxylic acids is 1. The Morgan fingerprint density at radius 2 is 2.25 bits per heavy atom. The lowest BCUT2D eigenvalue weighted by molar-refractivity contribution is 0.102. The molecule has 0 saturated carbocycles. The normalized spacial score (nSPS) is 11.9. The Balaban J connectivity index is 2.06. The van der Waals surface area contributed by atoms with Crippen molar-refractivity contribution in [1.82, 2.24) is 0 Å². The van der Waals surface area contributed by atoms with Crippen LogP contribution in [0.15, 0.2) is 35.7 Å². The van der Waals surface area contributed by atoms with E-state index in [0.29, 0.717) is 5.56 Å². The van der Waals surface area contributed by atoms with Crippen LogP contribution in [0.1, 0.15) is 30.6 Å². The number of amides is 1. The van der Waals surface area contributed by atoms with Gasteiger partial charge < -0.3 is 10.1 Å². The van der Waals surface area contributed by atoms with Gasteiger partial charge in [0.05, 0.1) is 14.6 Å². The largest absolute Gasteiger partial charge is 0.491 e. The quantitative estimate of drug-likeness (QED) is 0.733. The molecule has 0 radical (unpaired) electrons. The average Bonchev–Trinajstić information content (AvgIpc) is 2.86. The number of hydrogen-bond donors (Lipinski definition) is 1. The van der Waals surface area contributed by atoms with Gasteiger partial charge in [-0.1, -0.05) is 13.0 Å². The fourth-order valence-electron chi connectivity index (χ4n) is 1.60. The van der Waals surface area contributed by atoms with Crippen LogP contribution in [0.2, 0.25) is 0 Å². The predicted molar refractivity (Wildman–Crippen MR) is 91.8 cm³/mol. The number of thiophene rings is 1. The molecule has 1 unspecified atom stereocenters. The Morgan fingerprint density at radius 3 is 2.90 bits per heavy atom. The Bertz CT molecular complexity index is 597. The van der Waals surface area contributed by atoms with Crippen molar-refractivity contribution in [3.8, 4) is 5.75 Å². The van der Waals surface area contributed by atoms with Gasteiger partial charge in [-0.25, -0.2) is 0 Å².